The topological polar surface area (TPSA) is 90.3 Å². The fourth-order valence-corrected chi connectivity index (χ4v) is 4.35. The van der Waals surface area contributed by atoms with Crippen LogP contribution in [0.2, 0.25) is 5.02 Å². The predicted molar refractivity (Wildman–Crippen MR) is 125 cm³/mol. The van der Waals surface area contributed by atoms with Gasteiger partial charge in [-0.15, -0.1) is 11.3 Å². The summed E-state index contributed by atoms with van der Waals surface area (Å²) in [6.45, 7) is 3.74. The van der Waals surface area contributed by atoms with Crippen LogP contribution in [-0.2, 0) is 4.74 Å². The lowest BCUT2D eigenvalue weighted by molar-refractivity contribution is 0.0520. The third-order valence-corrected chi connectivity index (χ3v) is 5.81. The van der Waals surface area contributed by atoms with Crippen LogP contribution in [-0.4, -0.2) is 28.3 Å². The maximum absolute atomic E-state index is 13.4. The molecule has 2 heterocycles. The van der Waals surface area contributed by atoms with Crippen molar-refractivity contribution in [1.29, 1.82) is 0 Å². The Hall–Kier alpha value is -3.49. The first-order valence-electron chi connectivity index (χ1n) is 9.74. The summed E-state index contributed by atoms with van der Waals surface area (Å²) in [7, 11) is 0. The SMILES string of the molecule is CCOC(=O)c1nn(-c2cccc(C)c2)c(=O)c2c(NC(=O)c3cccc(Cl)c3)scc12. The number of aryl methyl sites for hydroxylation is 1. The smallest absolute Gasteiger partial charge is 0.359 e. The number of anilines is 1. The van der Waals surface area contributed by atoms with E-state index in [9.17, 15) is 14.4 Å². The van der Waals surface area contributed by atoms with E-state index in [1.165, 1.54) is 6.07 Å². The first kappa shape index (κ1) is 21.7. The monoisotopic (exact) mass is 467 g/mol. The van der Waals surface area contributed by atoms with Gasteiger partial charge >= 0.3 is 5.97 Å². The van der Waals surface area contributed by atoms with Gasteiger partial charge in [-0.1, -0.05) is 29.8 Å². The largest absolute Gasteiger partial charge is 0.461 e. The summed E-state index contributed by atoms with van der Waals surface area (Å²) < 4.78 is 6.31. The molecule has 0 radical (unpaired) electrons. The molecule has 2 aromatic heterocycles. The van der Waals surface area contributed by atoms with Crippen molar-refractivity contribution in [3.05, 3.63) is 86.1 Å². The fourth-order valence-electron chi connectivity index (χ4n) is 3.23. The van der Waals surface area contributed by atoms with Gasteiger partial charge in [-0.05, 0) is 49.7 Å². The van der Waals surface area contributed by atoms with E-state index in [0.717, 1.165) is 21.6 Å². The number of amides is 1. The molecule has 7 nitrogen and oxygen atoms in total. The molecule has 9 heteroatoms. The van der Waals surface area contributed by atoms with Crippen LogP contribution in [0.25, 0.3) is 16.5 Å². The van der Waals surface area contributed by atoms with E-state index in [0.29, 0.717) is 26.7 Å². The molecule has 1 N–H and O–H groups in total. The third kappa shape index (κ3) is 4.15. The van der Waals surface area contributed by atoms with E-state index in [1.54, 1.807) is 48.7 Å². The summed E-state index contributed by atoms with van der Waals surface area (Å²) >= 11 is 7.12. The van der Waals surface area contributed by atoms with Gasteiger partial charge in [-0.25, -0.2) is 4.79 Å². The summed E-state index contributed by atoms with van der Waals surface area (Å²) in [6.07, 6.45) is 0. The molecule has 0 unspecified atom stereocenters. The second kappa shape index (κ2) is 8.94. The van der Waals surface area contributed by atoms with Crippen LogP contribution < -0.4 is 10.9 Å². The van der Waals surface area contributed by atoms with Crippen molar-refractivity contribution in [2.24, 2.45) is 0 Å². The molecule has 0 saturated heterocycles. The van der Waals surface area contributed by atoms with Crippen LogP contribution in [0.3, 0.4) is 0 Å². The Morgan fingerprint density at radius 3 is 2.69 bits per heavy atom. The molecule has 2 aromatic carbocycles. The second-order valence-electron chi connectivity index (χ2n) is 6.94. The Morgan fingerprint density at radius 2 is 1.97 bits per heavy atom. The summed E-state index contributed by atoms with van der Waals surface area (Å²) in [5.41, 5.74) is 1.32. The molecule has 0 spiro atoms. The highest BCUT2D eigenvalue weighted by Gasteiger charge is 2.23. The number of fused-ring (bicyclic) bond motifs is 1. The van der Waals surface area contributed by atoms with Crippen LogP contribution in [0.15, 0.2) is 58.7 Å². The molecule has 4 rings (SSSR count). The van der Waals surface area contributed by atoms with Crippen molar-refractivity contribution in [1.82, 2.24) is 9.78 Å². The van der Waals surface area contributed by atoms with E-state index in [-0.39, 0.29) is 17.7 Å². The number of ether oxygens (including phenoxy) is 1. The number of carbonyl (C=O) groups excluding carboxylic acids is 2. The highest BCUT2D eigenvalue weighted by atomic mass is 35.5. The Bertz CT molecular complexity index is 1410. The van der Waals surface area contributed by atoms with Gasteiger partial charge in [0.2, 0.25) is 0 Å². The minimum atomic E-state index is -0.649. The highest BCUT2D eigenvalue weighted by Crippen LogP contribution is 2.31. The standard InChI is InChI=1S/C23H18ClN3O4S/c1-3-31-23(30)19-17-12-32-21(25-20(28)14-7-5-8-15(24)11-14)18(17)22(29)27(26-19)16-9-4-6-13(2)10-16/h4-12H,3H2,1-2H3,(H,25,28). The Kier molecular flexibility index (Phi) is 6.07. The first-order valence-corrected chi connectivity index (χ1v) is 11.0. The number of halogens is 1. The molecule has 32 heavy (non-hydrogen) atoms. The number of nitrogens with one attached hydrogen (secondary N) is 1. The van der Waals surface area contributed by atoms with Crippen LogP contribution in [0, 0.1) is 6.92 Å². The minimum absolute atomic E-state index is 0.00228. The Morgan fingerprint density at radius 1 is 1.19 bits per heavy atom. The van der Waals surface area contributed by atoms with Crippen molar-refractivity contribution in [3.63, 3.8) is 0 Å². The minimum Gasteiger partial charge on any atom is -0.461 e. The zero-order chi connectivity index (χ0) is 22.8. The average Bonchev–Trinajstić information content (AvgIpc) is 3.18. The maximum atomic E-state index is 13.4. The van der Waals surface area contributed by atoms with Crippen molar-refractivity contribution >= 4 is 50.6 Å². The van der Waals surface area contributed by atoms with Gasteiger partial charge in [0.25, 0.3) is 11.5 Å². The van der Waals surface area contributed by atoms with Crippen LogP contribution in [0.1, 0.15) is 33.3 Å². The molecule has 162 valence electrons. The summed E-state index contributed by atoms with van der Waals surface area (Å²) in [6, 6.07) is 13.7. The quantitative estimate of drug-likeness (QED) is 0.424. The third-order valence-electron chi connectivity index (χ3n) is 4.68. The van der Waals surface area contributed by atoms with E-state index in [1.807, 2.05) is 13.0 Å². The van der Waals surface area contributed by atoms with Crippen molar-refractivity contribution in [2.75, 3.05) is 11.9 Å². The molecular formula is C23H18ClN3O4S. The van der Waals surface area contributed by atoms with Crippen molar-refractivity contribution in [3.8, 4) is 5.69 Å². The normalized spacial score (nSPS) is 10.8. The number of benzene rings is 2. The highest BCUT2D eigenvalue weighted by molar-refractivity contribution is 7.16. The Balaban J connectivity index is 1.89. The molecule has 0 aliphatic heterocycles. The van der Waals surface area contributed by atoms with Gasteiger partial charge in [0.1, 0.15) is 5.00 Å². The van der Waals surface area contributed by atoms with E-state index >= 15 is 0 Å². The maximum Gasteiger partial charge on any atom is 0.359 e. The zero-order valence-corrected chi connectivity index (χ0v) is 18.8. The average molecular weight is 468 g/mol. The van der Waals surface area contributed by atoms with Gasteiger partial charge < -0.3 is 10.1 Å². The number of aromatic nitrogens is 2. The number of thiophene rings is 1. The zero-order valence-electron chi connectivity index (χ0n) is 17.2. The fraction of sp³-hybridized carbons (Fsp3) is 0.130. The van der Waals surface area contributed by atoms with Gasteiger partial charge in [0, 0.05) is 21.4 Å². The van der Waals surface area contributed by atoms with Gasteiger partial charge in [-0.2, -0.15) is 9.78 Å². The van der Waals surface area contributed by atoms with Gasteiger partial charge in [0.15, 0.2) is 5.69 Å². The molecular weight excluding hydrogens is 450 g/mol. The molecule has 4 aromatic rings. The molecule has 0 saturated carbocycles. The molecule has 0 fully saturated rings. The molecule has 0 atom stereocenters. The Labute approximate surface area is 192 Å². The molecule has 0 bridgehead atoms. The first-order chi connectivity index (χ1) is 15.4. The van der Waals surface area contributed by atoms with Crippen LogP contribution in [0.5, 0.6) is 0 Å². The van der Waals surface area contributed by atoms with E-state index < -0.39 is 17.4 Å². The lowest BCUT2D eigenvalue weighted by atomic mass is 10.2. The van der Waals surface area contributed by atoms with Crippen LogP contribution in [0.4, 0.5) is 5.00 Å². The van der Waals surface area contributed by atoms with Gasteiger partial charge in [-0.3, -0.25) is 9.59 Å². The van der Waals surface area contributed by atoms with Crippen LogP contribution >= 0.6 is 22.9 Å². The van der Waals surface area contributed by atoms with E-state index in [4.69, 9.17) is 16.3 Å². The summed E-state index contributed by atoms with van der Waals surface area (Å²) in [5.74, 6) is -1.07. The summed E-state index contributed by atoms with van der Waals surface area (Å²) in [5, 5.41) is 9.92. The summed E-state index contributed by atoms with van der Waals surface area (Å²) in [4.78, 5) is 38.8. The number of rotatable bonds is 5. The number of esters is 1. The molecule has 0 aliphatic rings. The number of hydrogen-bond acceptors (Lipinski definition) is 6. The predicted octanol–water partition coefficient (Wildman–Crippen LogP) is 4.84. The van der Waals surface area contributed by atoms with Crippen molar-refractivity contribution in [2.45, 2.75) is 13.8 Å². The lowest BCUT2D eigenvalue weighted by Gasteiger charge is -2.10. The molecule has 0 aliphatic carbocycles. The number of nitrogens with zero attached hydrogens (tertiary/aromatic N) is 2. The van der Waals surface area contributed by atoms with Crippen molar-refractivity contribution < 1.29 is 14.3 Å². The number of hydrogen-bond donors (Lipinski definition) is 1. The lowest BCUT2D eigenvalue weighted by Crippen LogP contribution is -2.25. The number of carbonyl (C=O) groups is 2. The second-order valence-corrected chi connectivity index (χ2v) is 8.26. The molecule has 1 amide bonds. The van der Waals surface area contributed by atoms with Gasteiger partial charge in [0.05, 0.1) is 17.7 Å². The van der Waals surface area contributed by atoms with E-state index in [2.05, 4.69) is 10.4 Å².